The molecule has 0 bridgehead atoms. The van der Waals surface area contributed by atoms with E-state index in [2.05, 4.69) is 13.8 Å². The number of hydrogen-bond donors (Lipinski definition) is 0. The van der Waals surface area contributed by atoms with E-state index in [0.29, 0.717) is 35.1 Å². The van der Waals surface area contributed by atoms with E-state index in [1.54, 1.807) is 38.1 Å². The second kappa shape index (κ2) is 27.3. The summed E-state index contributed by atoms with van der Waals surface area (Å²) in [6, 6.07) is 10.6. The van der Waals surface area contributed by atoms with Crippen LogP contribution in [0, 0.1) is 13.8 Å². The summed E-state index contributed by atoms with van der Waals surface area (Å²) < 4.78 is 68.4. The van der Waals surface area contributed by atoms with Gasteiger partial charge in [0, 0.05) is 0 Å². The van der Waals surface area contributed by atoms with Crippen molar-refractivity contribution in [2.24, 2.45) is 0 Å². The van der Waals surface area contributed by atoms with E-state index >= 15 is 0 Å². The van der Waals surface area contributed by atoms with Crippen molar-refractivity contribution in [1.82, 2.24) is 0 Å². The predicted molar refractivity (Wildman–Crippen MR) is 195 cm³/mol. The number of rotatable bonds is 24. The quantitative estimate of drug-likeness (QED) is 0.0606. The van der Waals surface area contributed by atoms with Crippen molar-refractivity contribution in [2.45, 2.75) is 179 Å². The minimum Gasteiger partial charge on any atom is -0.744 e. The van der Waals surface area contributed by atoms with Crippen LogP contribution in [-0.2, 0) is 33.1 Å². The van der Waals surface area contributed by atoms with Gasteiger partial charge in [0.2, 0.25) is 0 Å². The van der Waals surface area contributed by atoms with Gasteiger partial charge in [-0.1, -0.05) is 166 Å². The number of aryl methyl sites for hydroxylation is 4. The molecule has 0 amide bonds. The van der Waals surface area contributed by atoms with Gasteiger partial charge in [-0.2, -0.15) is 0 Å². The van der Waals surface area contributed by atoms with Gasteiger partial charge in [-0.15, -0.1) is 0 Å². The third-order valence-corrected chi connectivity index (χ3v) is 10.9. The van der Waals surface area contributed by atoms with E-state index in [9.17, 15) is 25.9 Å². The van der Waals surface area contributed by atoms with Crippen molar-refractivity contribution >= 4 is 58.0 Å². The Kier molecular flexibility index (Phi) is 27.0. The first-order valence-corrected chi connectivity index (χ1v) is 20.8. The number of unbranched alkanes of at least 4 members (excludes halogenated alkanes) is 18. The standard InChI is InChI=1S/2C19H32O3S.Ca/c2*1-3-4-5-6-7-8-9-10-11-12-15-18-16-13-14-17(2)19(18)23(20,21)22;/h2*13-14,16H,3-12,15H2,1-2H3,(H,20,21,22);/q;;+2/p-2. The molecule has 0 N–H and O–H groups in total. The van der Waals surface area contributed by atoms with Crippen LogP contribution in [0.2, 0.25) is 0 Å². The summed E-state index contributed by atoms with van der Waals surface area (Å²) in [7, 11) is -8.75. The molecule has 47 heavy (non-hydrogen) atoms. The van der Waals surface area contributed by atoms with Crippen LogP contribution in [0.3, 0.4) is 0 Å². The first-order chi connectivity index (χ1) is 21.9. The molecule has 0 spiro atoms. The molecule has 0 radical (unpaired) electrons. The molecule has 0 saturated carbocycles. The Morgan fingerprint density at radius 2 is 0.702 bits per heavy atom. The van der Waals surface area contributed by atoms with E-state index in [-0.39, 0.29) is 47.5 Å². The maximum Gasteiger partial charge on any atom is 2.00 e. The third kappa shape index (κ3) is 21.4. The molecule has 264 valence electrons. The van der Waals surface area contributed by atoms with E-state index in [1.807, 2.05) is 12.1 Å². The Bertz CT molecular complexity index is 1210. The average Bonchev–Trinajstić information content (AvgIpc) is 2.98. The average molecular weight is 719 g/mol. The van der Waals surface area contributed by atoms with Crippen LogP contribution in [0.4, 0.5) is 0 Å². The topological polar surface area (TPSA) is 114 Å². The van der Waals surface area contributed by atoms with Crippen LogP contribution in [0.1, 0.15) is 165 Å². The van der Waals surface area contributed by atoms with Gasteiger partial charge in [0.15, 0.2) is 0 Å². The molecule has 0 aromatic heterocycles. The fourth-order valence-electron chi connectivity index (χ4n) is 6.14. The van der Waals surface area contributed by atoms with Crippen LogP contribution >= 0.6 is 0 Å². The van der Waals surface area contributed by atoms with E-state index in [0.717, 1.165) is 25.7 Å². The minimum atomic E-state index is -4.38. The molecule has 0 heterocycles. The predicted octanol–water partition coefficient (Wildman–Crippen LogP) is 10.3. The summed E-state index contributed by atoms with van der Waals surface area (Å²) in [5.74, 6) is 0. The number of hydrogen-bond acceptors (Lipinski definition) is 6. The largest absolute Gasteiger partial charge is 2.00 e. The first kappa shape index (κ1) is 46.5. The number of benzene rings is 2. The molecule has 9 heteroatoms. The Balaban J connectivity index is 0.000000882. The van der Waals surface area contributed by atoms with Crippen molar-refractivity contribution in [2.75, 3.05) is 0 Å². The van der Waals surface area contributed by atoms with Gasteiger partial charge in [0.05, 0.1) is 9.79 Å². The molecule has 0 unspecified atom stereocenters. The van der Waals surface area contributed by atoms with Crippen LogP contribution < -0.4 is 0 Å². The smallest absolute Gasteiger partial charge is 0.744 e. The molecule has 2 rings (SSSR count). The molecule has 0 fully saturated rings. The zero-order valence-corrected chi connectivity index (χ0v) is 33.8. The second-order valence-corrected chi connectivity index (χ2v) is 15.5. The molecule has 2 aromatic carbocycles. The van der Waals surface area contributed by atoms with Crippen molar-refractivity contribution < 1.29 is 25.9 Å². The van der Waals surface area contributed by atoms with Crippen LogP contribution in [0.5, 0.6) is 0 Å². The van der Waals surface area contributed by atoms with Gasteiger partial charge in [-0.05, 0) is 61.8 Å². The summed E-state index contributed by atoms with van der Waals surface area (Å²) in [6.45, 7) is 7.84. The van der Waals surface area contributed by atoms with Gasteiger partial charge in [0.1, 0.15) is 20.2 Å². The molecule has 2 aromatic rings. The maximum absolute atomic E-state index is 11.4. The van der Waals surface area contributed by atoms with Gasteiger partial charge in [0.25, 0.3) is 0 Å². The van der Waals surface area contributed by atoms with Crippen LogP contribution in [-0.4, -0.2) is 63.7 Å². The van der Waals surface area contributed by atoms with E-state index < -0.39 is 20.2 Å². The molecular weight excluding hydrogens is 657 g/mol. The summed E-state index contributed by atoms with van der Waals surface area (Å²) in [5, 5.41) is 0. The zero-order valence-electron chi connectivity index (χ0n) is 30.0. The molecule has 0 aliphatic rings. The van der Waals surface area contributed by atoms with E-state index in [4.69, 9.17) is 0 Å². The summed E-state index contributed by atoms with van der Waals surface area (Å²) in [6.07, 6.45) is 26.3. The molecule has 0 aliphatic heterocycles. The Morgan fingerprint density at radius 1 is 0.447 bits per heavy atom. The second-order valence-electron chi connectivity index (χ2n) is 12.9. The van der Waals surface area contributed by atoms with E-state index in [1.165, 1.54) is 103 Å². The summed E-state index contributed by atoms with van der Waals surface area (Å²) >= 11 is 0. The maximum atomic E-state index is 11.4. The van der Waals surface area contributed by atoms with Crippen LogP contribution in [0.25, 0.3) is 0 Å². The van der Waals surface area contributed by atoms with Gasteiger partial charge in [-0.25, -0.2) is 16.8 Å². The SMILES string of the molecule is CCCCCCCCCCCCc1cccc(C)c1S(=O)(=O)[O-].CCCCCCCCCCCCc1cccc(C)c1S(=O)(=O)[O-].[Ca+2]. The van der Waals surface area contributed by atoms with Crippen molar-refractivity contribution in [1.29, 1.82) is 0 Å². The molecule has 6 nitrogen and oxygen atoms in total. The summed E-state index contributed by atoms with van der Waals surface area (Å²) in [4.78, 5) is -0.00755. The van der Waals surface area contributed by atoms with Crippen molar-refractivity contribution in [3.05, 3.63) is 58.7 Å². The Hall–Kier alpha value is -0.480. The third-order valence-electron chi connectivity index (χ3n) is 8.69. The fraction of sp³-hybridized carbons (Fsp3) is 0.684. The van der Waals surface area contributed by atoms with Crippen molar-refractivity contribution in [3.8, 4) is 0 Å². The minimum absolute atomic E-state index is 0. The molecule has 0 aliphatic carbocycles. The molecular formula is C38H62CaO6S2. The first-order valence-electron chi connectivity index (χ1n) is 18.0. The van der Waals surface area contributed by atoms with Crippen LogP contribution in [0.15, 0.2) is 46.2 Å². The monoisotopic (exact) mass is 718 g/mol. The fourth-order valence-corrected chi connectivity index (χ4v) is 8.05. The zero-order chi connectivity index (χ0) is 34.3. The van der Waals surface area contributed by atoms with Gasteiger partial charge >= 0.3 is 37.7 Å². The summed E-state index contributed by atoms with van der Waals surface area (Å²) in [5.41, 5.74) is 2.48. The molecule has 0 atom stereocenters. The Morgan fingerprint density at radius 3 is 0.957 bits per heavy atom. The Labute approximate surface area is 318 Å². The normalized spacial score (nSPS) is 11.5. The molecule has 0 saturated heterocycles. The van der Waals surface area contributed by atoms with Gasteiger partial charge < -0.3 is 9.11 Å². The van der Waals surface area contributed by atoms with Crippen molar-refractivity contribution in [3.63, 3.8) is 0 Å². The van der Waals surface area contributed by atoms with Gasteiger partial charge in [-0.3, -0.25) is 0 Å².